The first-order valence-electron chi connectivity index (χ1n) is 7.43. The van der Waals surface area contributed by atoms with Crippen molar-refractivity contribution in [1.82, 2.24) is 9.38 Å². The van der Waals surface area contributed by atoms with E-state index in [0.717, 1.165) is 17.1 Å². The number of hydrogen-bond acceptors (Lipinski definition) is 4. The summed E-state index contributed by atoms with van der Waals surface area (Å²) in [6.07, 6.45) is 3.62. The lowest BCUT2D eigenvalue weighted by atomic mass is 10.1. The molecule has 0 spiro atoms. The molecule has 0 aliphatic carbocycles. The van der Waals surface area contributed by atoms with E-state index in [0.29, 0.717) is 17.3 Å². The zero-order valence-corrected chi connectivity index (χ0v) is 14.7. The zero-order chi connectivity index (χ0) is 18.3. The number of fused-ring (bicyclic) bond motifs is 1. The zero-order valence-electron chi connectivity index (χ0n) is 13.1. The fraction of sp³-hybridized carbons (Fsp3) is 0. The Labute approximate surface area is 151 Å². The van der Waals surface area contributed by atoms with Crippen LogP contribution in [0, 0.1) is 11.6 Å². The second kappa shape index (κ2) is 6.19. The van der Waals surface area contributed by atoms with E-state index in [1.807, 2.05) is 16.0 Å². The predicted octanol–water partition coefficient (Wildman–Crippen LogP) is 4.14. The molecule has 4 rings (SSSR count). The lowest BCUT2D eigenvalue weighted by molar-refractivity contribution is 0.568. The summed E-state index contributed by atoms with van der Waals surface area (Å²) >= 11 is 1.45. The van der Waals surface area contributed by atoms with Crippen molar-refractivity contribution in [2.75, 3.05) is 4.72 Å². The van der Waals surface area contributed by atoms with Gasteiger partial charge in [-0.3, -0.25) is 9.12 Å². The van der Waals surface area contributed by atoms with Crippen LogP contribution in [0.4, 0.5) is 14.5 Å². The largest absolute Gasteiger partial charge is 0.297 e. The fourth-order valence-electron chi connectivity index (χ4n) is 2.54. The molecule has 26 heavy (non-hydrogen) atoms. The Bertz CT molecular complexity index is 1170. The van der Waals surface area contributed by atoms with Crippen molar-refractivity contribution < 1.29 is 17.2 Å². The van der Waals surface area contributed by atoms with Crippen molar-refractivity contribution in [2.45, 2.75) is 4.90 Å². The van der Waals surface area contributed by atoms with Crippen LogP contribution in [-0.4, -0.2) is 17.8 Å². The maximum absolute atomic E-state index is 13.4. The molecule has 0 unspecified atom stereocenters. The van der Waals surface area contributed by atoms with E-state index in [1.165, 1.54) is 11.3 Å². The number of thiazole rings is 1. The minimum atomic E-state index is -4.17. The summed E-state index contributed by atoms with van der Waals surface area (Å²) < 4.78 is 56.1. The summed E-state index contributed by atoms with van der Waals surface area (Å²) in [5.41, 5.74) is 1.41. The highest BCUT2D eigenvalue weighted by atomic mass is 32.2. The van der Waals surface area contributed by atoms with E-state index in [1.54, 1.807) is 30.5 Å². The van der Waals surface area contributed by atoms with Crippen molar-refractivity contribution in [3.05, 3.63) is 71.9 Å². The molecule has 0 saturated carbocycles. The number of imidazole rings is 1. The molecule has 2 aromatic carbocycles. The molecule has 2 heterocycles. The van der Waals surface area contributed by atoms with Crippen molar-refractivity contribution in [3.8, 4) is 11.3 Å². The van der Waals surface area contributed by atoms with Crippen molar-refractivity contribution in [2.24, 2.45) is 0 Å². The average Bonchev–Trinajstić information content (AvgIpc) is 3.15. The van der Waals surface area contributed by atoms with Gasteiger partial charge in [-0.2, -0.15) is 0 Å². The highest BCUT2D eigenvalue weighted by Crippen LogP contribution is 2.30. The molecule has 0 aliphatic heterocycles. The van der Waals surface area contributed by atoms with Crippen LogP contribution in [-0.2, 0) is 10.0 Å². The highest BCUT2D eigenvalue weighted by molar-refractivity contribution is 7.92. The molecule has 5 nitrogen and oxygen atoms in total. The Kier molecular flexibility index (Phi) is 3.97. The maximum Gasteiger partial charge on any atom is 0.262 e. The van der Waals surface area contributed by atoms with Gasteiger partial charge in [0.25, 0.3) is 10.0 Å². The Morgan fingerprint density at radius 3 is 2.54 bits per heavy atom. The SMILES string of the molecule is O=S(=O)(Nc1ccccc1-c1cn2ccsc2n1)c1cc(F)cc(F)c1. The second-order valence-electron chi connectivity index (χ2n) is 5.48. The van der Waals surface area contributed by atoms with E-state index in [-0.39, 0.29) is 5.69 Å². The number of para-hydroxylation sites is 1. The van der Waals surface area contributed by atoms with E-state index in [9.17, 15) is 17.2 Å². The number of benzene rings is 2. The van der Waals surface area contributed by atoms with Crippen LogP contribution < -0.4 is 4.72 Å². The number of nitrogens with one attached hydrogen (secondary N) is 1. The number of nitrogens with zero attached hydrogens (tertiary/aromatic N) is 2. The molecular weight excluding hydrogens is 380 g/mol. The van der Waals surface area contributed by atoms with Gasteiger partial charge >= 0.3 is 0 Å². The van der Waals surface area contributed by atoms with Gasteiger partial charge in [-0.15, -0.1) is 11.3 Å². The third kappa shape index (κ3) is 3.06. The first kappa shape index (κ1) is 16.7. The second-order valence-corrected chi connectivity index (χ2v) is 8.03. The third-order valence-electron chi connectivity index (χ3n) is 3.69. The molecule has 0 bridgehead atoms. The number of sulfonamides is 1. The maximum atomic E-state index is 13.4. The van der Waals surface area contributed by atoms with E-state index < -0.39 is 26.6 Å². The summed E-state index contributed by atoms with van der Waals surface area (Å²) in [4.78, 5) is 4.74. The molecule has 2 aromatic heterocycles. The smallest absolute Gasteiger partial charge is 0.262 e. The average molecular weight is 391 g/mol. The van der Waals surface area contributed by atoms with E-state index >= 15 is 0 Å². The van der Waals surface area contributed by atoms with Gasteiger partial charge in [0.15, 0.2) is 4.96 Å². The fourth-order valence-corrected chi connectivity index (χ4v) is 4.36. The molecule has 0 saturated heterocycles. The minimum absolute atomic E-state index is 0.267. The quantitative estimate of drug-likeness (QED) is 0.569. The van der Waals surface area contributed by atoms with E-state index in [2.05, 4.69) is 9.71 Å². The van der Waals surface area contributed by atoms with Gasteiger partial charge in [0.05, 0.1) is 16.3 Å². The van der Waals surface area contributed by atoms with Crippen LogP contribution in [0.3, 0.4) is 0 Å². The first-order valence-corrected chi connectivity index (χ1v) is 9.79. The summed E-state index contributed by atoms with van der Waals surface area (Å²) in [6, 6.07) is 8.84. The Morgan fingerprint density at radius 1 is 1.08 bits per heavy atom. The number of halogens is 2. The van der Waals surface area contributed by atoms with Crippen LogP contribution in [0.15, 0.2) is 65.1 Å². The molecular formula is C17H11F2N3O2S2. The molecule has 132 valence electrons. The molecule has 4 aromatic rings. The van der Waals surface area contributed by atoms with Crippen molar-refractivity contribution >= 4 is 32.0 Å². The van der Waals surface area contributed by atoms with Gasteiger partial charge < -0.3 is 0 Å². The van der Waals surface area contributed by atoms with Gasteiger partial charge in [-0.1, -0.05) is 18.2 Å². The summed E-state index contributed by atoms with van der Waals surface area (Å²) in [7, 11) is -4.17. The van der Waals surface area contributed by atoms with Gasteiger partial charge in [0.1, 0.15) is 11.6 Å². The normalized spacial score (nSPS) is 11.8. The summed E-state index contributed by atoms with van der Waals surface area (Å²) in [5, 5.41) is 1.89. The van der Waals surface area contributed by atoms with Crippen LogP contribution in [0.25, 0.3) is 16.2 Å². The van der Waals surface area contributed by atoms with Gasteiger partial charge in [-0.25, -0.2) is 22.2 Å². The number of rotatable bonds is 4. The molecule has 0 aliphatic rings. The monoisotopic (exact) mass is 391 g/mol. The lowest BCUT2D eigenvalue weighted by Gasteiger charge is -2.11. The minimum Gasteiger partial charge on any atom is -0.297 e. The van der Waals surface area contributed by atoms with Gasteiger partial charge in [0.2, 0.25) is 0 Å². The Morgan fingerprint density at radius 2 is 1.81 bits per heavy atom. The van der Waals surface area contributed by atoms with Crippen molar-refractivity contribution in [1.29, 1.82) is 0 Å². The standard InChI is InChI=1S/C17H11F2N3O2S2/c18-11-7-12(19)9-13(8-11)26(23,24)21-15-4-2-1-3-14(15)16-10-22-5-6-25-17(22)20-16/h1-10,21H. The number of hydrogen-bond donors (Lipinski definition) is 1. The predicted molar refractivity (Wildman–Crippen MR) is 95.7 cm³/mol. The molecule has 0 amide bonds. The molecule has 1 N–H and O–H groups in total. The topological polar surface area (TPSA) is 63.5 Å². The Balaban J connectivity index is 1.76. The molecule has 0 radical (unpaired) electrons. The highest BCUT2D eigenvalue weighted by Gasteiger charge is 2.19. The van der Waals surface area contributed by atoms with Crippen LogP contribution in [0.5, 0.6) is 0 Å². The van der Waals surface area contributed by atoms with Crippen LogP contribution in [0.1, 0.15) is 0 Å². The first-order chi connectivity index (χ1) is 12.4. The van der Waals surface area contributed by atoms with Gasteiger partial charge in [0, 0.05) is 29.4 Å². The van der Waals surface area contributed by atoms with Crippen LogP contribution >= 0.6 is 11.3 Å². The lowest BCUT2D eigenvalue weighted by Crippen LogP contribution is -2.14. The summed E-state index contributed by atoms with van der Waals surface area (Å²) in [5.74, 6) is -1.93. The number of aromatic nitrogens is 2. The number of anilines is 1. The van der Waals surface area contributed by atoms with Crippen LogP contribution in [0.2, 0.25) is 0 Å². The van der Waals surface area contributed by atoms with E-state index in [4.69, 9.17) is 0 Å². The Hall–Kier alpha value is -2.78. The molecule has 9 heteroatoms. The molecule has 0 atom stereocenters. The van der Waals surface area contributed by atoms with Crippen molar-refractivity contribution in [3.63, 3.8) is 0 Å². The van der Waals surface area contributed by atoms with Gasteiger partial charge in [-0.05, 0) is 18.2 Å². The molecule has 0 fully saturated rings. The third-order valence-corrected chi connectivity index (χ3v) is 5.80. The summed E-state index contributed by atoms with van der Waals surface area (Å²) in [6.45, 7) is 0.